The lowest BCUT2D eigenvalue weighted by molar-refractivity contribution is 0.475. The van der Waals surface area contributed by atoms with Crippen molar-refractivity contribution in [2.24, 2.45) is 0 Å². The highest BCUT2D eigenvalue weighted by atomic mass is 16.5. The van der Waals surface area contributed by atoms with Crippen LogP contribution in [-0.4, -0.2) is 4.98 Å². The lowest BCUT2D eigenvalue weighted by atomic mass is 9.96. The minimum atomic E-state index is 0.758. The Bertz CT molecular complexity index is 2860. The Morgan fingerprint density at radius 1 is 0.283 bits per heavy atom. The molecule has 0 saturated heterocycles. The van der Waals surface area contributed by atoms with Gasteiger partial charge in [-0.1, -0.05) is 103 Å². The largest absolute Gasteiger partial charge is 0.453 e. The molecule has 4 heterocycles. The number of fused-ring (bicyclic) bond motifs is 6. The van der Waals surface area contributed by atoms with Crippen molar-refractivity contribution < 1.29 is 14.2 Å². The molecular formula is C53H34N4O3. The van der Waals surface area contributed by atoms with Crippen LogP contribution in [-0.2, 0) is 0 Å². The highest BCUT2D eigenvalue weighted by Gasteiger charge is 2.38. The minimum Gasteiger partial charge on any atom is -0.453 e. The van der Waals surface area contributed by atoms with Crippen LogP contribution in [0.2, 0.25) is 0 Å². The van der Waals surface area contributed by atoms with Gasteiger partial charge in [-0.05, 0) is 113 Å². The van der Waals surface area contributed by atoms with E-state index in [0.29, 0.717) is 0 Å². The van der Waals surface area contributed by atoms with Gasteiger partial charge in [0.15, 0.2) is 34.5 Å². The Hall–Kier alpha value is -8.29. The molecule has 0 radical (unpaired) electrons. The van der Waals surface area contributed by atoms with Gasteiger partial charge in [0.05, 0.1) is 51.2 Å². The summed E-state index contributed by atoms with van der Waals surface area (Å²) >= 11 is 0. The SMILES string of the molecule is c1cncc(-c2ccc(-c3cc(N4c5ccccc5Oc5ccccc54)c(N4c5ccccc5Oc5ccccc54)c(N4c5ccccc5Oc5ccccc54)c3)cc2)c1. The Kier molecular flexibility index (Phi) is 7.71. The zero-order valence-electron chi connectivity index (χ0n) is 32.1. The molecule has 9 aromatic rings. The number of nitrogens with zero attached hydrogens (tertiary/aromatic N) is 4. The normalized spacial score (nSPS) is 13.0. The average Bonchev–Trinajstić information content (AvgIpc) is 3.32. The van der Waals surface area contributed by atoms with Crippen LogP contribution >= 0.6 is 0 Å². The number of pyridine rings is 1. The Morgan fingerprint density at radius 2 is 0.617 bits per heavy atom. The maximum atomic E-state index is 6.65. The second-order valence-electron chi connectivity index (χ2n) is 14.8. The standard InChI is InChI=1S/C53H34N4O3/c1-7-21-47-39(15-1)55(40-16-2-8-22-48(40)58-47)45-32-38(36-29-27-35(28-30-36)37-14-13-31-54-34-37)33-46(56-41-17-3-9-23-49(41)59-50-24-10-4-18-42(50)56)53(45)57-43-19-5-11-25-51(43)60-52-26-12-6-20-44(52)57/h1-34H. The number of hydrogen-bond acceptors (Lipinski definition) is 7. The van der Waals surface area contributed by atoms with Crippen molar-refractivity contribution in [3.63, 3.8) is 0 Å². The first-order chi connectivity index (χ1) is 29.8. The second-order valence-corrected chi connectivity index (χ2v) is 14.8. The zero-order chi connectivity index (χ0) is 39.6. The van der Waals surface area contributed by atoms with Crippen molar-refractivity contribution in [3.8, 4) is 56.8 Å². The zero-order valence-corrected chi connectivity index (χ0v) is 32.1. The molecule has 60 heavy (non-hydrogen) atoms. The third-order valence-corrected chi connectivity index (χ3v) is 11.3. The van der Waals surface area contributed by atoms with Crippen molar-refractivity contribution in [3.05, 3.63) is 207 Å². The molecule has 12 rings (SSSR count). The summed E-state index contributed by atoms with van der Waals surface area (Å²) < 4.78 is 19.9. The summed E-state index contributed by atoms with van der Waals surface area (Å²) in [6.45, 7) is 0. The first-order valence-electron chi connectivity index (χ1n) is 19.9. The number of para-hydroxylation sites is 12. The molecule has 1 aromatic heterocycles. The molecule has 0 unspecified atom stereocenters. The number of anilines is 9. The van der Waals surface area contributed by atoms with E-state index in [2.05, 4.69) is 135 Å². The van der Waals surface area contributed by atoms with E-state index in [1.807, 2.05) is 85.1 Å². The molecule has 0 fully saturated rings. The maximum absolute atomic E-state index is 6.65. The molecule has 0 bridgehead atoms. The van der Waals surface area contributed by atoms with Gasteiger partial charge in [0.2, 0.25) is 0 Å². The minimum absolute atomic E-state index is 0.758. The maximum Gasteiger partial charge on any atom is 0.151 e. The Morgan fingerprint density at radius 3 is 0.967 bits per heavy atom. The van der Waals surface area contributed by atoms with Crippen LogP contribution in [0.5, 0.6) is 34.5 Å². The number of rotatable bonds is 5. The molecule has 0 saturated carbocycles. The van der Waals surface area contributed by atoms with Crippen LogP contribution in [0.15, 0.2) is 207 Å². The summed E-state index contributed by atoms with van der Waals surface area (Å²) in [6.07, 6.45) is 3.70. The fourth-order valence-electron chi connectivity index (χ4n) is 8.60. The van der Waals surface area contributed by atoms with Crippen molar-refractivity contribution >= 4 is 51.2 Å². The van der Waals surface area contributed by atoms with Crippen molar-refractivity contribution in [1.82, 2.24) is 4.98 Å². The summed E-state index contributed by atoms with van der Waals surface area (Å²) in [4.78, 5) is 11.4. The number of hydrogen-bond donors (Lipinski definition) is 0. The number of ether oxygens (including phenoxy) is 3. The molecule has 0 amide bonds. The van der Waals surface area contributed by atoms with E-state index in [4.69, 9.17) is 14.2 Å². The Balaban J connectivity index is 1.23. The van der Waals surface area contributed by atoms with E-state index < -0.39 is 0 Å². The predicted molar refractivity (Wildman–Crippen MR) is 239 cm³/mol. The third kappa shape index (κ3) is 5.41. The molecule has 284 valence electrons. The van der Waals surface area contributed by atoms with E-state index in [-0.39, 0.29) is 0 Å². The van der Waals surface area contributed by atoms with E-state index in [0.717, 1.165) is 108 Å². The van der Waals surface area contributed by atoms with Crippen LogP contribution in [0.1, 0.15) is 0 Å². The van der Waals surface area contributed by atoms with Crippen molar-refractivity contribution in [1.29, 1.82) is 0 Å². The summed E-state index contributed by atoms with van der Waals surface area (Å²) in [7, 11) is 0. The molecule has 0 N–H and O–H groups in total. The third-order valence-electron chi connectivity index (χ3n) is 11.3. The number of benzene rings is 8. The van der Waals surface area contributed by atoms with Gasteiger partial charge in [0.1, 0.15) is 0 Å². The van der Waals surface area contributed by atoms with Crippen LogP contribution in [0.4, 0.5) is 51.2 Å². The first-order valence-corrected chi connectivity index (χ1v) is 19.9. The van der Waals surface area contributed by atoms with Gasteiger partial charge in [-0.25, -0.2) is 0 Å². The quantitative estimate of drug-likeness (QED) is 0.173. The second kappa shape index (κ2) is 13.7. The first kappa shape index (κ1) is 33.8. The molecule has 3 aliphatic heterocycles. The molecule has 7 heteroatoms. The monoisotopic (exact) mass is 774 g/mol. The smallest absolute Gasteiger partial charge is 0.151 e. The van der Waals surface area contributed by atoms with Crippen LogP contribution in [0.25, 0.3) is 22.3 Å². The molecule has 8 aromatic carbocycles. The van der Waals surface area contributed by atoms with Gasteiger partial charge in [0.25, 0.3) is 0 Å². The van der Waals surface area contributed by atoms with E-state index in [9.17, 15) is 0 Å². The van der Waals surface area contributed by atoms with Gasteiger partial charge in [0, 0.05) is 12.4 Å². The molecule has 0 atom stereocenters. The van der Waals surface area contributed by atoms with Crippen LogP contribution < -0.4 is 28.9 Å². The van der Waals surface area contributed by atoms with Crippen molar-refractivity contribution in [2.75, 3.05) is 14.7 Å². The average molecular weight is 775 g/mol. The Labute approximate surface area is 347 Å². The fourth-order valence-corrected chi connectivity index (χ4v) is 8.60. The molecule has 3 aliphatic rings. The van der Waals surface area contributed by atoms with E-state index >= 15 is 0 Å². The van der Waals surface area contributed by atoms with E-state index in [1.54, 1.807) is 6.20 Å². The summed E-state index contributed by atoms with van der Waals surface area (Å²) in [5.74, 6) is 4.57. The summed E-state index contributed by atoms with van der Waals surface area (Å²) in [5, 5.41) is 0. The molecule has 7 nitrogen and oxygen atoms in total. The van der Waals surface area contributed by atoms with Gasteiger partial charge in [-0.2, -0.15) is 0 Å². The van der Waals surface area contributed by atoms with Crippen LogP contribution in [0.3, 0.4) is 0 Å². The molecule has 0 spiro atoms. The summed E-state index contributed by atoms with van der Waals surface area (Å²) in [5.41, 5.74) is 12.6. The van der Waals surface area contributed by atoms with E-state index in [1.165, 1.54) is 0 Å². The lowest BCUT2D eigenvalue weighted by Crippen LogP contribution is -2.25. The lowest BCUT2D eigenvalue weighted by Gasteiger charge is -2.42. The van der Waals surface area contributed by atoms with Gasteiger partial charge in [-0.15, -0.1) is 0 Å². The van der Waals surface area contributed by atoms with Crippen molar-refractivity contribution in [2.45, 2.75) is 0 Å². The fraction of sp³-hybridized carbons (Fsp3) is 0. The summed E-state index contributed by atoms with van der Waals surface area (Å²) in [6, 6.07) is 67.0. The predicted octanol–water partition coefficient (Wildman–Crippen LogP) is 15.1. The van der Waals surface area contributed by atoms with Crippen LogP contribution in [0, 0.1) is 0 Å². The molecule has 0 aliphatic carbocycles. The topological polar surface area (TPSA) is 50.3 Å². The molecular weight excluding hydrogens is 741 g/mol. The number of aromatic nitrogens is 1. The van der Waals surface area contributed by atoms with Gasteiger partial charge in [-0.3, -0.25) is 9.88 Å². The van der Waals surface area contributed by atoms with Gasteiger partial charge >= 0.3 is 0 Å². The highest BCUT2D eigenvalue weighted by Crippen LogP contribution is 2.62. The highest BCUT2D eigenvalue weighted by molar-refractivity contribution is 6.07. The van der Waals surface area contributed by atoms with Gasteiger partial charge < -0.3 is 24.0 Å².